The SMILES string of the molecule is Nc1nnc(CC23CC4CC(CC(C4)C2)C3)s1. The Morgan fingerprint density at radius 2 is 1.65 bits per heavy atom. The zero-order chi connectivity index (χ0) is 11.5. The van der Waals surface area contributed by atoms with Crippen LogP contribution in [0.5, 0.6) is 0 Å². The molecule has 3 nitrogen and oxygen atoms in total. The molecule has 4 heteroatoms. The second kappa shape index (κ2) is 3.44. The van der Waals surface area contributed by atoms with Crippen LogP contribution in [0.1, 0.15) is 43.5 Å². The molecule has 92 valence electrons. The van der Waals surface area contributed by atoms with Crippen molar-refractivity contribution >= 4 is 16.5 Å². The first kappa shape index (κ1) is 10.3. The largest absolute Gasteiger partial charge is 0.374 e. The zero-order valence-corrected chi connectivity index (χ0v) is 10.9. The number of nitrogen functional groups attached to an aromatic ring is 1. The van der Waals surface area contributed by atoms with E-state index in [1.165, 1.54) is 43.5 Å². The molecule has 5 rings (SSSR count). The van der Waals surface area contributed by atoms with Gasteiger partial charge in [0.1, 0.15) is 5.01 Å². The summed E-state index contributed by atoms with van der Waals surface area (Å²) in [6, 6.07) is 0. The zero-order valence-electron chi connectivity index (χ0n) is 10.1. The molecule has 4 bridgehead atoms. The first-order valence-corrected chi connectivity index (χ1v) is 7.60. The maximum absolute atomic E-state index is 5.69. The number of anilines is 1. The van der Waals surface area contributed by atoms with Crippen molar-refractivity contribution in [2.24, 2.45) is 23.2 Å². The fraction of sp³-hybridized carbons (Fsp3) is 0.846. The maximum atomic E-state index is 5.69. The van der Waals surface area contributed by atoms with Crippen molar-refractivity contribution in [2.75, 3.05) is 5.73 Å². The highest BCUT2D eigenvalue weighted by atomic mass is 32.1. The van der Waals surface area contributed by atoms with Crippen LogP contribution in [0.2, 0.25) is 0 Å². The van der Waals surface area contributed by atoms with E-state index in [2.05, 4.69) is 10.2 Å². The molecule has 4 aliphatic rings. The van der Waals surface area contributed by atoms with Gasteiger partial charge in [0, 0.05) is 6.42 Å². The second-order valence-electron chi connectivity index (χ2n) is 6.63. The highest BCUT2D eigenvalue weighted by molar-refractivity contribution is 7.15. The van der Waals surface area contributed by atoms with Gasteiger partial charge in [-0.2, -0.15) is 0 Å². The van der Waals surface area contributed by atoms with E-state index in [-0.39, 0.29) is 0 Å². The van der Waals surface area contributed by atoms with Gasteiger partial charge in [-0.1, -0.05) is 11.3 Å². The van der Waals surface area contributed by atoms with Crippen LogP contribution in [0.3, 0.4) is 0 Å². The number of rotatable bonds is 2. The smallest absolute Gasteiger partial charge is 0.203 e. The van der Waals surface area contributed by atoms with Crippen molar-refractivity contribution in [3.63, 3.8) is 0 Å². The van der Waals surface area contributed by atoms with Gasteiger partial charge in [0.05, 0.1) is 0 Å². The number of aromatic nitrogens is 2. The summed E-state index contributed by atoms with van der Waals surface area (Å²) in [6.45, 7) is 0. The lowest BCUT2D eigenvalue weighted by molar-refractivity contribution is -0.0522. The van der Waals surface area contributed by atoms with Gasteiger partial charge in [-0.05, 0) is 61.7 Å². The Morgan fingerprint density at radius 1 is 1.06 bits per heavy atom. The van der Waals surface area contributed by atoms with Gasteiger partial charge in [-0.15, -0.1) is 10.2 Å². The fourth-order valence-corrected chi connectivity index (χ4v) is 5.95. The molecule has 1 aromatic rings. The molecule has 2 N–H and O–H groups in total. The highest BCUT2D eigenvalue weighted by Crippen LogP contribution is 2.61. The second-order valence-corrected chi connectivity index (χ2v) is 7.72. The summed E-state index contributed by atoms with van der Waals surface area (Å²) >= 11 is 1.59. The molecule has 17 heavy (non-hydrogen) atoms. The Hall–Kier alpha value is -0.640. The van der Waals surface area contributed by atoms with E-state index < -0.39 is 0 Å². The van der Waals surface area contributed by atoms with E-state index in [0.29, 0.717) is 10.5 Å². The predicted octanol–water partition coefficient (Wildman–Crippen LogP) is 2.88. The number of hydrogen-bond acceptors (Lipinski definition) is 4. The van der Waals surface area contributed by atoms with E-state index in [4.69, 9.17) is 5.73 Å². The van der Waals surface area contributed by atoms with Crippen molar-refractivity contribution in [2.45, 2.75) is 44.9 Å². The normalized spacial score (nSPS) is 43.2. The Bertz CT molecular complexity index is 404. The molecule has 0 saturated heterocycles. The van der Waals surface area contributed by atoms with Gasteiger partial charge in [0.25, 0.3) is 0 Å². The van der Waals surface area contributed by atoms with Gasteiger partial charge in [0.2, 0.25) is 5.13 Å². The molecule has 0 unspecified atom stereocenters. The van der Waals surface area contributed by atoms with Crippen LogP contribution < -0.4 is 5.73 Å². The van der Waals surface area contributed by atoms with Crippen LogP contribution in [0, 0.1) is 23.2 Å². The first-order valence-electron chi connectivity index (χ1n) is 6.79. The third-order valence-electron chi connectivity index (χ3n) is 5.17. The molecule has 0 atom stereocenters. The van der Waals surface area contributed by atoms with E-state index >= 15 is 0 Å². The molecular weight excluding hydrogens is 230 g/mol. The summed E-state index contributed by atoms with van der Waals surface area (Å²) in [6.07, 6.45) is 10.0. The summed E-state index contributed by atoms with van der Waals surface area (Å²) in [5, 5.41) is 10.00. The standard InChI is InChI=1S/C13H19N3S/c14-12-16-15-11(17-12)7-13-4-8-1-9(5-13)3-10(2-8)6-13/h8-10H,1-7H2,(H2,14,16). The van der Waals surface area contributed by atoms with Crippen LogP contribution in [0.15, 0.2) is 0 Å². The topological polar surface area (TPSA) is 51.8 Å². The van der Waals surface area contributed by atoms with Crippen molar-refractivity contribution in [3.05, 3.63) is 5.01 Å². The summed E-state index contributed by atoms with van der Waals surface area (Å²) < 4.78 is 0. The monoisotopic (exact) mass is 249 g/mol. The van der Waals surface area contributed by atoms with Crippen molar-refractivity contribution in [3.8, 4) is 0 Å². The third-order valence-corrected chi connectivity index (χ3v) is 5.93. The van der Waals surface area contributed by atoms with E-state index in [9.17, 15) is 0 Å². The number of nitrogens with zero attached hydrogens (tertiary/aromatic N) is 2. The molecule has 1 heterocycles. The minimum Gasteiger partial charge on any atom is -0.374 e. The van der Waals surface area contributed by atoms with Crippen molar-refractivity contribution < 1.29 is 0 Å². The Kier molecular flexibility index (Phi) is 2.08. The Labute approximate surface area is 106 Å². The van der Waals surface area contributed by atoms with E-state index in [1.807, 2.05) is 0 Å². The van der Waals surface area contributed by atoms with Gasteiger partial charge in [0.15, 0.2) is 0 Å². The molecule has 4 fully saturated rings. The van der Waals surface area contributed by atoms with Crippen LogP contribution in [0.25, 0.3) is 0 Å². The Balaban J connectivity index is 1.60. The molecule has 0 spiro atoms. The maximum Gasteiger partial charge on any atom is 0.203 e. The Morgan fingerprint density at radius 3 is 2.12 bits per heavy atom. The van der Waals surface area contributed by atoms with Gasteiger partial charge in [-0.3, -0.25) is 0 Å². The first-order chi connectivity index (χ1) is 8.21. The van der Waals surface area contributed by atoms with Gasteiger partial charge < -0.3 is 5.73 Å². The highest BCUT2D eigenvalue weighted by Gasteiger charge is 2.50. The van der Waals surface area contributed by atoms with Gasteiger partial charge >= 0.3 is 0 Å². The summed E-state index contributed by atoms with van der Waals surface area (Å²) in [5.74, 6) is 3.06. The average molecular weight is 249 g/mol. The summed E-state index contributed by atoms with van der Waals surface area (Å²) in [5.41, 5.74) is 6.26. The lowest BCUT2D eigenvalue weighted by atomic mass is 9.49. The van der Waals surface area contributed by atoms with Gasteiger partial charge in [-0.25, -0.2) is 0 Å². The molecule has 0 aliphatic heterocycles. The fourth-order valence-electron chi connectivity index (χ4n) is 5.17. The van der Waals surface area contributed by atoms with E-state index in [0.717, 1.165) is 24.2 Å². The number of nitrogens with two attached hydrogens (primary N) is 1. The quantitative estimate of drug-likeness (QED) is 0.877. The van der Waals surface area contributed by atoms with Crippen LogP contribution >= 0.6 is 11.3 Å². The summed E-state index contributed by atoms with van der Waals surface area (Å²) in [7, 11) is 0. The molecule has 4 saturated carbocycles. The molecule has 1 aromatic heterocycles. The van der Waals surface area contributed by atoms with Crippen LogP contribution in [-0.2, 0) is 6.42 Å². The lowest BCUT2D eigenvalue weighted by Crippen LogP contribution is -2.47. The average Bonchev–Trinajstić information content (AvgIpc) is 2.60. The third kappa shape index (κ3) is 1.68. The molecule has 4 aliphatic carbocycles. The van der Waals surface area contributed by atoms with Crippen molar-refractivity contribution in [1.82, 2.24) is 10.2 Å². The summed E-state index contributed by atoms with van der Waals surface area (Å²) in [4.78, 5) is 0. The predicted molar refractivity (Wildman–Crippen MR) is 68.6 cm³/mol. The molecule has 0 aromatic carbocycles. The number of hydrogen-bond donors (Lipinski definition) is 1. The minimum absolute atomic E-state index is 0.570. The minimum atomic E-state index is 0.570. The molecule has 0 radical (unpaired) electrons. The lowest BCUT2D eigenvalue weighted by Gasteiger charge is -2.56. The van der Waals surface area contributed by atoms with Crippen LogP contribution in [0.4, 0.5) is 5.13 Å². The molecule has 0 amide bonds. The van der Waals surface area contributed by atoms with Crippen LogP contribution in [-0.4, -0.2) is 10.2 Å². The van der Waals surface area contributed by atoms with E-state index in [1.54, 1.807) is 11.3 Å². The molecular formula is C13H19N3S. The van der Waals surface area contributed by atoms with Crippen molar-refractivity contribution in [1.29, 1.82) is 0 Å².